The second kappa shape index (κ2) is 7.07. The maximum atomic E-state index is 11.9. The summed E-state index contributed by atoms with van der Waals surface area (Å²) in [6.07, 6.45) is 4.73. The SMILES string of the molecule is CNC(C)(CCN1CCC2C(CCCN2C)C1)C(=O)OC. The molecule has 0 saturated carbocycles. The van der Waals surface area contributed by atoms with Crippen LogP contribution in [0, 0.1) is 5.92 Å². The standard InChI is InChI=1S/C16H31N3O2/c1-16(17-2,15(20)21-4)8-11-19-10-7-14-13(12-19)6-5-9-18(14)3/h13-14,17H,5-12H2,1-4H3. The molecule has 0 bridgehead atoms. The number of fused-ring (bicyclic) bond motifs is 1. The third-order valence-corrected chi connectivity index (χ3v) is 5.55. The van der Waals surface area contributed by atoms with Gasteiger partial charge in [0.15, 0.2) is 0 Å². The van der Waals surface area contributed by atoms with Crippen molar-refractivity contribution in [2.24, 2.45) is 5.92 Å². The van der Waals surface area contributed by atoms with Crippen LogP contribution >= 0.6 is 0 Å². The summed E-state index contributed by atoms with van der Waals surface area (Å²) >= 11 is 0. The van der Waals surface area contributed by atoms with Crippen molar-refractivity contribution < 1.29 is 9.53 Å². The van der Waals surface area contributed by atoms with Crippen LogP contribution in [-0.4, -0.2) is 74.7 Å². The Bertz CT molecular complexity index is 363. The first kappa shape index (κ1) is 16.7. The molecule has 1 N–H and O–H groups in total. The minimum atomic E-state index is -0.574. The second-order valence-electron chi connectivity index (χ2n) is 6.86. The lowest BCUT2D eigenvalue weighted by molar-refractivity contribution is -0.148. The fourth-order valence-corrected chi connectivity index (χ4v) is 3.87. The Kier molecular flexibility index (Phi) is 5.63. The Hall–Kier alpha value is -0.650. The fraction of sp³-hybridized carbons (Fsp3) is 0.938. The maximum absolute atomic E-state index is 11.9. The number of hydrogen-bond acceptors (Lipinski definition) is 5. The van der Waals surface area contributed by atoms with E-state index in [9.17, 15) is 4.79 Å². The summed E-state index contributed by atoms with van der Waals surface area (Å²) in [5.74, 6) is 0.633. The van der Waals surface area contributed by atoms with E-state index in [0.29, 0.717) is 0 Å². The van der Waals surface area contributed by atoms with Gasteiger partial charge in [-0.1, -0.05) is 0 Å². The molecule has 122 valence electrons. The van der Waals surface area contributed by atoms with E-state index < -0.39 is 5.54 Å². The predicted molar refractivity (Wildman–Crippen MR) is 84.3 cm³/mol. The first-order valence-corrected chi connectivity index (χ1v) is 8.20. The van der Waals surface area contributed by atoms with Gasteiger partial charge in [-0.05, 0) is 65.7 Å². The number of carbonyl (C=O) groups excluding carboxylic acids is 1. The van der Waals surface area contributed by atoms with Crippen molar-refractivity contribution in [1.82, 2.24) is 15.1 Å². The van der Waals surface area contributed by atoms with E-state index in [1.165, 1.54) is 39.5 Å². The smallest absolute Gasteiger partial charge is 0.325 e. The van der Waals surface area contributed by atoms with Crippen LogP contribution < -0.4 is 5.32 Å². The van der Waals surface area contributed by atoms with Crippen LogP contribution in [0.15, 0.2) is 0 Å². The highest BCUT2D eigenvalue weighted by Gasteiger charge is 2.36. The van der Waals surface area contributed by atoms with Crippen molar-refractivity contribution in [2.45, 2.75) is 44.2 Å². The molecule has 21 heavy (non-hydrogen) atoms. The topological polar surface area (TPSA) is 44.8 Å². The molecule has 0 spiro atoms. The van der Waals surface area contributed by atoms with E-state index in [0.717, 1.165) is 31.5 Å². The number of hydrogen-bond donors (Lipinski definition) is 1. The third kappa shape index (κ3) is 3.76. The molecule has 0 aromatic carbocycles. The zero-order valence-electron chi connectivity index (χ0n) is 14.0. The van der Waals surface area contributed by atoms with Gasteiger partial charge in [0.1, 0.15) is 5.54 Å². The molecule has 2 aliphatic rings. The molecule has 0 amide bonds. The second-order valence-corrected chi connectivity index (χ2v) is 6.86. The van der Waals surface area contributed by atoms with E-state index in [-0.39, 0.29) is 5.97 Å². The molecule has 2 rings (SSSR count). The Morgan fingerprint density at radius 3 is 2.81 bits per heavy atom. The first-order valence-electron chi connectivity index (χ1n) is 8.20. The third-order valence-electron chi connectivity index (χ3n) is 5.55. The molecule has 3 atom stereocenters. The molecular formula is C16H31N3O2. The molecular weight excluding hydrogens is 266 g/mol. The molecule has 0 radical (unpaired) electrons. The van der Waals surface area contributed by atoms with Crippen molar-refractivity contribution in [3.05, 3.63) is 0 Å². The van der Waals surface area contributed by atoms with Crippen LogP contribution in [0.1, 0.15) is 32.6 Å². The number of likely N-dealkylation sites (tertiary alicyclic amines) is 2. The molecule has 5 heteroatoms. The van der Waals surface area contributed by atoms with Crippen LogP contribution in [0.5, 0.6) is 0 Å². The van der Waals surface area contributed by atoms with Crippen molar-refractivity contribution in [3.8, 4) is 0 Å². The van der Waals surface area contributed by atoms with Gasteiger partial charge in [-0.3, -0.25) is 4.79 Å². The van der Waals surface area contributed by atoms with Gasteiger partial charge in [-0.15, -0.1) is 0 Å². The molecule has 0 aliphatic carbocycles. The lowest BCUT2D eigenvalue weighted by Gasteiger charge is -2.46. The number of piperidine rings is 2. The van der Waals surface area contributed by atoms with Crippen molar-refractivity contribution in [2.75, 3.05) is 47.4 Å². The summed E-state index contributed by atoms with van der Waals surface area (Å²) in [6.45, 7) is 6.46. The van der Waals surface area contributed by atoms with Crippen LogP contribution in [0.2, 0.25) is 0 Å². The van der Waals surface area contributed by atoms with Crippen molar-refractivity contribution in [1.29, 1.82) is 0 Å². The average Bonchev–Trinajstić information content (AvgIpc) is 2.52. The molecule has 2 saturated heterocycles. The number of methoxy groups -OCH3 is 1. The first-order chi connectivity index (χ1) is 10.00. The molecule has 0 aromatic heterocycles. The van der Waals surface area contributed by atoms with E-state index in [1.807, 2.05) is 14.0 Å². The Labute approximate surface area is 129 Å². The minimum absolute atomic E-state index is 0.169. The molecule has 0 aromatic rings. The predicted octanol–water partition coefficient (Wildman–Crippen LogP) is 0.944. The number of esters is 1. The van der Waals surface area contributed by atoms with Gasteiger partial charge < -0.3 is 19.9 Å². The summed E-state index contributed by atoms with van der Waals surface area (Å²) in [5, 5.41) is 3.12. The Morgan fingerprint density at radius 2 is 2.14 bits per heavy atom. The van der Waals surface area contributed by atoms with Gasteiger partial charge in [-0.25, -0.2) is 0 Å². The highest BCUT2D eigenvalue weighted by molar-refractivity contribution is 5.80. The number of ether oxygens (including phenoxy) is 1. The van der Waals surface area contributed by atoms with Gasteiger partial charge in [-0.2, -0.15) is 0 Å². The summed E-state index contributed by atoms with van der Waals surface area (Å²) in [7, 11) is 5.56. The van der Waals surface area contributed by atoms with Crippen LogP contribution in [0.25, 0.3) is 0 Å². The quantitative estimate of drug-likeness (QED) is 0.765. The summed E-state index contributed by atoms with van der Waals surface area (Å²) in [4.78, 5) is 17.0. The highest BCUT2D eigenvalue weighted by Crippen LogP contribution is 2.29. The zero-order chi connectivity index (χ0) is 15.5. The van der Waals surface area contributed by atoms with Gasteiger partial charge >= 0.3 is 5.97 Å². The van der Waals surface area contributed by atoms with E-state index >= 15 is 0 Å². The van der Waals surface area contributed by atoms with Crippen LogP contribution in [0.4, 0.5) is 0 Å². The zero-order valence-corrected chi connectivity index (χ0v) is 14.0. The van der Waals surface area contributed by atoms with E-state index in [1.54, 1.807) is 0 Å². The maximum Gasteiger partial charge on any atom is 0.325 e. The van der Waals surface area contributed by atoms with E-state index in [2.05, 4.69) is 22.2 Å². The van der Waals surface area contributed by atoms with Crippen molar-refractivity contribution >= 4 is 5.97 Å². The fourth-order valence-electron chi connectivity index (χ4n) is 3.87. The van der Waals surface area contributed by atoms with Gasteiger partial charge in [0.2, 0.25) is 0 Å². The van der Waals surface area contributed by atoms with Crippen LogP contribution in [-0.2, 0) is 9.53 Å². The molecule has 2 heterocycles. The lowest BCUT2D eigenvalue weighted by Crippen LogP contribution is -2.55. The van der Waals surface area contributed by atoms with Gasteiger partial charge in [0.25, 0.3) is 0 Å². The van der Waals surface area contributed by atoms with Gasteiger partial charge in [0, 0.05) is 19.1 Å². The molecule has 2 fully saturated rings. The highest BCUT2D eigenvalue weighted by atomic mass is 16.5. The normalized spacial score (nSPS) is 30.5. The molecule has 2 aliphatic heterocycles. The number of rotatable bonds is 5. The minimum Gasteiger partial charge on any atom is -0.468 e. The lowest BCUT2D eigenvalue weighted by atomic mass is 9.84. The van der Waals surface area contributed by atoms with Gasteiger partial charge in [0.05, 0.1) is 7.11 Å². The monoisotopic (exact) mass is 297 g/mol. The molecule has 3 unspecified atom stereocenters. The largest absolute Gasteiger partial charge is 0.468 e. The van der Waals surface area contributed by atoms with Crippen LogP contribution in [0.3, 0.4) is 0 Å². The summed E-state index contributed by atoms with van der Waals surface area (Å²) in [5.41, 5.74) is -0.574. The molecule has 5 nitrogen and oxygen atoms in total. The number of nitrogens with one attached hydrogen (secondary N) is 1. The summed E-state index contributed by atoms with van der Waals surface area (Å²) in [6, 6.07) is 0.770. The van der Waals surface area contributed by atoms with Crippen molar-refractivity contribution in [3.63, 3.8) is 0 Å². The number of nitrogens with zero attached hydrogens (tertiary/aromatic N) is 2. The number of likely N-dealkylation sites (N-methyl/N-ethyl adjacent to an activating group) is 1. The average molecular weight is 297 g/mol. The van der Waals surface area contributed by atoms with E-state index in [4.69, 9.17) is 4.74 Å². The Balaban J connectivity index is 1.86. The number of carbonyl (C=O) groups is 1. The summed E-state index contributed by atoms with van der Waals surface area (Å²) < 4.78 is 4.92. The Morgan fingerprint density at radius 1 is 1.38 bits per heavy atom.